The molecular weight excluding hydrogens is 260 g/mol. The molecule has 21 heavy (non-hydrogen) atoms. The molecular formula is C18H28N2O. The molecule has 3 heteroatoms. The molecule has 1 saturated carbocycles. The summed E-state index contributed by atoms with van der Waals surface area (Å²) in [5.74, 6) is 0.817. The van der Waals surface area contributed by atoms with E-state index in [-0.39, 0.29) is 11.4 Å². The molecule has 0 saturated heterocycles. The molecule has 0 radical (unpaired) electrons. The van der Waals surface area contributed by atoms with E-state index in [1.165, 1.54) is 18.4 Å². The summed E-state index contributed by atoms with van der Waals surface area (Å²) in [6.45, 7) is 2.81. The van der Waals surface area contributed by atoms with Crippen LogP contribution in [0.3, 0.4) is 0 Å². The summed E-state index contributed by atoms with van der Waals surface area (Å²) < 4.78 is 0. The topological polar surface area (TPSA) is 55.1 Å². The third-order valence-electron chi connectivity index (χ3n) is 4.60. The van der Waals surface area contributed by atoms with Crippen LogP contribution in [0.15, 0.2) is 30.3 Å². The number of carbonyl (C=O) groups excluding carboxylic acids is 1. The normalized spacial score (nSPS) is 25.5. The van der Waals surface area contributed by atoms with Crippen molar-refractivity contribution in [2.45, 2.75) is 57.4 Å². The minimum atomic E-state index is -0.151. The van der Waals surface area contributed by atoms with Crippen LogP contribution < -0.4 is 11.1 Å². The highest BCUT2D eigenvalue weighted by Crippen LogP contribution is 2.31. The van der Waals surface area contributed by atoms with Gasteiger partial charge in [-0.25, -0.2) is 0 Å². The van der Waals surface area contributed by atoms with Crippen LogP contribution >= 0.6 is 0 Å². The summed E-state index contributed by atoms with van der Waals surface area (Å²) in [4.78, 5) is 12.2. The van der Waals surface area contributed by atoms with E-state index >= 15 is 0 Å². The molecule has 0 aliphatic heterocycles. The molecule has 0 aromatic heterocycles. The molecule has 1 fully saturated rings. The summed E-state index contributed by atoms with van der Waals surface area (Å²) >= 11 is 0. The van der Waals surface area contributed by atoms with Crippen LogP contribution in [0.5, 0.6) is 0 Å². The second kappa shape index (κ2) is 7.60. The van der Waals surface area contributed by atoms with Crippen molar-refractivity contribution in [2.24, 2.45) is 11.7 Å². The van der Waals surface area contributed by atoms with Crippen molar-refractivity contribution in [3.05, 3.63) is 35.9 Å². The van der Waals surface area contributed by atoms with Crippen molar-refractivity contribution in [3.8, 4) is 0 Å². The molecule has 116 valence electrons. The number of aryl methyl sites for hydroxylation is 1. The van der Waals surface area contributed by atoms with Gasteiger partial charge in [-0.1, -0.05) is 50.1 Å². The third kappa shape index (κ3) is 4.85. The zero-order valence-electron chi connectivity index (χ0n) is 13.1. The highest BCUT2D eigenvalue weighted by molar-refractivity contribution is 5.76. The van der Waals surface area contributed by atoms with Crippen LogP contribution in [0.25, 0.3) is 0 Å². The Hall–Kier alpha value is -1.35. The number of hydrogen-bond donors (Lipinski definition) is 2. The summed E-state index contributed by atoms with van der Waals surface area (Å²) in [7, 11) is 0. The summed E-state index contributed by atoms with van der Waals surface area (Å²) in [6, 6.07) is 10.3. The Balaban J connectivity index is 1.77. The Morgan fingerprint density at radius 1 is 1.38 bits per heavy atom. The SMILES string of the molecule is CC1CCCC(CN)(NC(=O)CCCc2ccccc2)C1. The van der Waals surface area contributed by atoms with E-state index in [1.807, 2.05) is 18.2 Å². The number of hydrogen-bond acceptors (Lipinski definition) is 2. The Labute approximate surface area is 128 Å². The maximum atomic E-state index is 12.2. The molecule has 2 unspecified atom stereocenters. The molecule has 1 aromatic rings. The highest BCUT2D eigenvalue weighted by atomic mass is 16.1. The van der Waals surface area contributed by atoms with E-state index in [9.17, 15) is 4.79 Å². The van der Waals surface area contributed by atoms with Crippen molar-refractivity contribution < 1.29 is 4.79 Å². The first-order valence-corrected chi connectivity index (χ1v) is 8.18. The fraction of sp³-hybridized carbons (Fsp3) is 0.611. The maximum absolute atomic E-state index is 12.2. The van der Waals surface area contributed by atoms with E-state index in [0.717, 1.165) is 25.7 Å². The summed E-state index contributed by atoms with van der Waals surface area (Å²) in [6.07, 6.45) is 6.91. The fourth-order valence-corrected chi connectivity index (χ4v) is 3.47. The zero-order valence-corrected chi connectivity index (χ0v) is 13.1. The minimum absolute atomic E-state index is 0.151. The quantitative estimate of drug-likeness (QED) is 0.845. The molecule has 1 aliphatic carbocycles. The Morgan fingerprint density at radius 2 is 2.14 bits per heavy atom. The van der Waals surface area contributed by atoms with Crippen LogP contribution in [0.2, 0.25) is 0 Å². The second-order valence-electron chi connectivity index (χ2n) is 6.57. The van der Waals surface area contributed by atoms with Gasteiger partial charge in [0.25, 0.3) is 0 Å². The van der Waals surface area contributed by atoms with E-state index in [4.69, 9.17) is 5.73 Å². The zero-order chi connectivity index (χ0) is 15.1. The van der Waals surface area contributed by atoms with Crippen LogP contribution in [0.1, 0.15) is 51.0 Å². The number of benzene rings is 1. The van der Waals surface area contributed by atoms with Gasteiger partial charge in [-0.3, -0.25) is 4.79 Å². The molecule has 0 heterocycles. The van der Waals surface area contributed by atoms with Gasteiger partial charge in [-0.2, -0.15) is 0 Å². The van der Waals surface area contributed by atoms with Crippen molar-refractivity contribution in [3.63, 3.8) is 0 Å². The molecule has 0 spiro atoms. The van der Waals surface area contributed by atoms with Gasteiger partial charge in [0.1, 0.15) is 0 Å². The first-order chi connectivity index (χ1) is 10.1. The molecule has 1 aromatic carbocycles. The van der Waals surface area contributed by atoms with Crippen molar-refractivity contribution in [1.82, 2.24) is 5.32 Å². The third-order valence-corrected chi connectivity index (χ3v) is 4.60. The molecule has 2 rings (SSSR count). The standard InChI is InChI=1S/C18H28N2O/c1-15-7-6-12-18(13-15,14-19)20-17(21)11-5-10-16-8-3-2-4-9-16/h2-4,8-9,15H,5-7,10-14,19H2,1H3,(H,20,21). The number of carbonyl (C=O) groups is 1. The van der Waals surface area contributed by atoms with Gasteiger partial charge in [0.05, 0.1) is 5.54 Å². The molecule has 3 N–H and O–H groups in total. The highest BCUT2D eigenvalue weighted by Gasteiger charge is 2.34. The van der Waals surface area contributed by atoms with Gasteiger partial charge in [0.15, 0.2) is 0 Å². The lowest BCUT2D eigenvalue weighted by molar-refractivity contribution is -0.123. The minimum Gasteiger partial charge on any atom is -0.349 e. The Kier molecular flexibility index (Phi) is 5.80. The average molecular weight is 288 g/mol. The maximum Gasteiger partial charge on any atom is 0.220 e. The Morgan fingerprint density at radius 3 is 2.81 bits per heavy atom. The second-order valence-corrected chi connectivity index (χ2v) is 6.57. The van der Waals surface area contributed by atoms with Gasteiger partial charge in [-0.05, 0) is 37.2 Å². The lowest BCUT2D eigenvalue weighted by Crippen LogP contribution is -2.55. The fourth-order valence-electron chi connectivity index (χ4n) is 3.47. The monoisotopic (exact) mass is 288 g/mol. The van der Waals surface area contributed by atoms with Crippen molar-refractivity contribution in [2.75, 3.05) is 6.54 Å². The molecule has 1 aliphatic rings. The first-order valence-electron chi connectivity index (χ1n) is 8.18. The number of nitrogens with two attached hydrogens (primary N) is 1. The van der Waals surface area contributed by atoms with Gasteiger partial charge < -0.3 is 11.1 Å². The molecule has 3 nitrogen and oxygen atoms in total. The first kappa shape index (κ1) is 16.0. The van der Waals surface area contributed by atoms with Crippen LogP contribution in [0.4, 0.5) is 0 Å². The smallest absolute Gasteiger partial charge is 0.220 e. The average Bonchev–Trinajstić information content (AvgIpc) is 2.48. The number of amides is 1. The van der Waals surface area contributed by atoms with E-state index in [2.05, 4.69) is 24.4 Å². The molecule has 1 amide bonds. The summed E-state index contributed by atoms with van der Waals surface area (Å²) in [5.41, 5.74) is 7.10. The van der Waals surface area contributed by atoms with Crippen molar-refractivity contribution >= 4 is 5.91 Å². The largest absolute Gasteiger partial charge is 0.349 e. The Bertz CT molecular complexity index is 446. The summed E-state index contributed by atoms with van der Waals surface area (Å²) in [5, 5.41) is 3.23. The predicted octanol–water partition coefficient (Wildman–Crippen LogP) is 3.03. The van der Waals surface area contributed by atoms with Crippen LogP contribution in [-0.4, -0.2) is 18.0 Å². The van der Waals surface area contributed by atoms with Gasteiger partial charge in [0.2, 0.25) is 5.91 Å². The van der Waals surface area contributed by atoms with Crippen molar-refractivity contribution in [1.29, 1.82) is 0 Å². The van der Waals surface area contributed by atoms with Gasteiger partial charge in [-0.15, -0.1) is 0 Å². The number of rotatable bonds is 6. The van der Waals surface area contributed by atoms with Crippen LogP contribution in [0, 0.1) is 5.92 Å². The lowest BCUT2D eigenvalue weighted by Gasteiger charge is -2.40. The number of nitrogens with one attached hydrogen (secondary N) is 1. The van der Waals surface area contributed by atoms with E-state index in [0.29, 0.717) is 18.9 Å². The lowest BCUT2D eigenvalue weighted by atomic mass is 9.76. The van der Waals surface area contributed by atoms with E-state index < -0.39 is 0 Å². The van der Waals surface area contributed by atoms with E-state index in [1.54, 1.807) is 0 Å². The molecule has 2 atom stereocenters. The molecule has 0 bridgehead atoms. The van der Waals surface area contributed by atoms with Gasteiger partial charge in [0, 0.05) is 13.0 Å². The van der Waals surface area contributed by atoms with Gasteiger partial charge >= 0.3 is 0 Å². The predicted molar refractivity (Wildman–Crippen MR) is 86.9 cm³/mol. The van der Waals surface area contributed by atoms with Crippen LogP contribution in [-0.2, 0) is 11.2 Å².